The minimum Gasteiger partial charge on any atom is -0.351 e. The molecule has 0 radical (unpaired) electrons. The predicted octanol–water partition coefficient (Wildman–Crippen LogP) is 2.88. The van der Waals surface area contributed by atoms with Crippen molar-refractivity contribution < 1.29 is 4.79 Å². The van der Waals surface area contributed by atoms with Gasteiger partial charge < -0.3 is 5.32 Å². The van der Waals surface area contributed by atoms with Gasteiger partial charge in [0.1, 0.15) is 11.6 Å². The van der Waals surface area contributed by atoms with E-state index < -0.39 is 0 Å². The monoisotopic (exact) mass is 292 g/mol. The van der Waals surface area contributed by atoms with E-state index in [1.807, 2.05) is 37.3 Å². The van der Waals surface area contributed by atoms with Crippen molar-refractivity contribution in [2.75, 3.05) is 6.54 Å². The molecule has 0 saturated heterocycles. The number of benzene rings is 1. The molecule has 1 N–H and O–H groups in total. The molecule has 0 fully saturated rings. The highest BCUT2D eigenvalue weighted by Gasteiger charge is 2.07. The number of rotatable bonds is 4. The molecule has 1 rings (SSSR count). The molecular formula is C13H13BrN2O. The van der Waals surface area contributed by atoms with Crippen molar-refractivity contribution in [3.05, 3.63) is 39.9 Å². The van der Waals surface area contributed by atoms with Crippen molar-refractivity contribution in [2.24, 2.45) is 0 Å². The number of halogens is 1. The predicted molar refractivity (Wildman–Crippen MR) is 71.0 cm³/mol. The summed E-state index contributed by atoms with van der Waals surface area (Å²) in [6.45, 7) is 2.54. The third-order valence-corrected chi connectivity index (χ3v) is 2.55. The van der Waals surface area contributed by atoms with Gasteiger partial charge in [0.25, 0.3) is 5.91 Å². The van der Waals surface area contributed by atoms with Gasteiger partial charge >= 0.3 is 0 Å². The number of hydrogen-bond acceptors (Lipinski definition) is 2. The Labute approximate surface area is 109 Å². The topological polar surface area (TPSA) is 52.9 Å². The molecule has 0 unspecified atom stereocenters. The Hall–Kier alpha value is -1.60. The first kappa shape index (κ1) is 13.5. The Morgan fingerprint density at radius 2 is 2.35 bits per heavy atom. The fraction of sp³-hybridized carbons (Fsp3) is 0.231. The van der Waals surface area contributed by atoms with E-state index in [-0.39, 0.29) is 11.5 Å². The number of nitriles is 1. The van der Waals surface area contributed by atoms with Crippen LogP contribution in [-0.4, -0.2) is 12.5 Å². The van der Waals surface area contributed by atoms with Gasteiger partial charge in [-0.15, -0.1) is 0 Å². The van der Waals surface area contributed by atoms with E-state index in [0.717, 1.165) is 16.5 Å². The summed E-state index contributed by atoms with van der Waals surface area (Å²) in [5.74, 6) is -0.325. The van der Waals surface area contributed by atoms with Crippen LogP contribution in [0, 0.1) is 11.3 Å². The van der Waals surface area contributed by atoms with E-state index in [4.69, 9.17) is 5.26 Å². The smallest absolute Gasteiger partial charge is 0.261 e. The zero-order valence-corrected chi connectivity index (χ0v) is 11.1. The molecule has 0 aliphatic heterocycles. The maximum atomic E-state index is 11.6. The Morgan fingerprint density at radius 1 is 1.59 bits per heavy atom. The van der Waals surface area contributed by atoms with Gasteiger partial charge in [-0.2, -0.15) is 5.26 Å². The molecule has 1 aromatic rings. The molecule has 4 heteroatoms. The van der Waals surface area contributed by atoms with Crippen LogP contribution < -0.4 is 5.32 Å². The Kier molecular flexibility index (Phi) is 5.44. The van der Waals surface area contributed by atoms with Gasteiger partial charge in [0.2, 0.25) is 0 Å². The summed E-state index contributed by atoms with van der Waals surface area (Å²) in [5.41, 5.74) is 0.944. The molecule has 88 valence electrons. The molecule has 0 heterocycles. The average Bonchev–Trinajstić information content (AvgIpc) is 2.33. The maximum Gasteiger partial charge on any atom is 0.261 e. The quantitative estimate of drug-likeness (QED) is 0.685. The molecule has 0 atom stereocenters. The van der Waals surface area contributed by atoms with Gasteiger partial charge in [0.15, 0.2) is 0 Å². The summed E-state index contributed by atoms with van der Waals surface area (Å²) in [5, 5.41) is 11.6. The van der Waals surface area contributed by atoms with Gasteiger partial charge in [-0.05, 0) is 30.2 Å². The number of nitrogens with zero attached hydrogens (tertiary/aromatic N) is 1. The average molecular weight is 293 g/mol. The molecule has 0 aliphatic carbocycles. The van der Waals surface area contributed by atoms with Crippen molar-refractivity contribution in [3.63, 3.8) is 0 Å². The Balaban J connectivity index is 2.87. The molecule has 0 aromatic heterocycles. The molecular weight excluding hydrogens is 280 g/mol. The third kappa shape index (κ3) is 4.41. The molecule has 0 aliphatic rings. The van der Waals surface area contributed by atoms with Crippen LogP contribution in [0.25, 0.3) is 6.08 Å². The molecule has 1 amide bonds. The van der Waals surface area contributed by atoms with E-state index in [0.29, 0.717) is 6.54 Å². The number of nitrogens with one attached hydrogen (secondary N) is 1. The highest BCUT2D eigenvalue weighted by molar-refractivity contribution is 9.10. The summed E-state index contributed by atoms with van der Waals surface area (Å²) in [7, 11) is 0. The zero-order valence-electron chi connectivity index (χ0n) is 9.53. The Bertz CT molecular complexity index is 475. The number of carbonyl (C=O) groups excluding carboxylic acids is 1. The summed E-state index contributed by atoms with van der Waals surface area (Å²) >= 11 is 3.34. The molecule has 0 spiro atoms. The van der Waals surface area contributed by atoms with Gasteiger partial charge in [0, 0.05) is 11.0 Å². The second-order valence-corrected chi connectivity index (χ2v) is 4.40. The SMILES string of the molecule is CCCNC(=O)/C(C#N)=C\c1cccc(Br)c1. The first-order valence-electron chi connectivity index (χ1n) is 5.33. The van der Waals surface area contributed by atoms with Crippen LogP contribution in [0.3, 0.4) is 0 Å². The van der Waals surface area contributed by atoms with Crippen LogP contribution in [0.2, 0.25) is 0 Å². The van der Waals surface area contributed by atoms with E-state index in [2.05, 4.69) is 21.2 Å². The second kappa shape index (κ2) is 6.87. The summed E-state index contributed by atoms with van der Waals surface area (Å²) in [4.78, 5) is 11.6. The van der Waals surface area contributed by atoms with E-state index in [1.54, 1.807) is 6.08 Å². The van der Waals surface area contributed by atoms with Gasteiger partial charge in [-0.1, -0.05) is 35.0 Å². The van der Waals surface area contributed by atoms with E-state index >= 15 is 0 Å². The lowest BCUT2D eigenvalue weighted by Gasteiger charge is -2.01. The fourth-order valence-electron chi connectivity index (χ4n) is 1.25. The molecule has 17 heavy (non-hydrogen) atoms. The van der Waals surface area contributed by atoms with E-state index in [1.165, 1.54) is 0 Å². The lowest BCUT2D eigenvalue weighted by atomic mass is 10.1. The highest BCUT2D eigenvalue weighted by Crippen LogP contribution is 2.14. The maximum absolute atomic E-state index is 11.6. The van der Waals surface area contributed by atoms with Crippen molar-refractivity contribution in [1.29, 1.82) is 5.26 Å². The van der Waals surface area contributed by atoms with Crippen LogP contribution >= 0.6 is 15.9 Å². The largest absolute Gasteiger partial charge is 0.351 e. The first-order valence-corrected chi connectivity index (χ1v) is 6.12. The zero-order chi connectivity index (χ0) is 12.7. The lowest BCUT2D eigenvalue weighted by Crippen LogP contribution is -2.25. The third-order valence-electron chi connectivity index (χ3n) is 2.06. The number of hydrogen-bond donors (Lipinski definition) is 1. The van der Waals surface area contributed by atoms with Gasteiger partial charge in [0.05, 0.1) is 0 Å². The van der Waals surface area contributed by atoms with Crippen molar-refractivity contribution >= 4 is 27.9 Å². The molecule has 1 aromatic carbocycles. The summed E-state index contributed by atoms with van der Waals surface area (Å²) in [6, 6.07) is 9.35. The normalized spacial score (nSPS) is 10.8. The van der Waals surface area contributed by atoms with Crippen molar-refractivity contribution in [2.45, 2.75) is 13.3 Å². The second-order valence-electron chi connectivity index (χ2n) is 3.48. The van der Waals surface area contributed by atoms with Gasteiger partial charge in [-0.25, -0.2) is 0 Å². The van der Waals surface area contributed by atoms with Crippen LogP contribution in [0.4, 0.5) is 0 Å². The summed E-state index contributed by atoms with van der Waals surface area (Å²) in [6.07, 6.45) is 2.43. The van der Waals surface area contributed by atoms with Crippen LogP contribution in [-0.2, 0) is 4.79 Å². The molecule has 0 saturated carbocycles. The van der Waals surface area contributed by atoms with Crippen molar-refractivity contribution in [3.8, 4) is 6.07 Å². The van der Waals surface area contributed by atoms with Crippen LogP contribution in [0.5, 0.6) is 0 Å². The van der Waals surface area contributed by atoms with Crippen molar-refractivity contribution in [1.82, 2.24) is 5.32 Å². The minimum atomic E-state index is -0.325. The standard InChI is InChI=1S/C13H13BrN2O/c1-2-6-16-13(17)11(9-15)7-10-4-3-5-12(14)8-10/h3-5,7-8H,2,6H2,1H3,(H,16,17)/b11-7-. The lowest BCUT2D eigenvalue weighted by molar-refractivity contribution is -0.117. The van der Waals surface area contributed by atoms with Crippen LogP contribution in [0.1, 0.15) is 18.9 Å². The minimum absolute atomic E-state index is 0.122. The molecule has 0 bridgehead atoms. The van der Waals surface area contributed by atoms with Crippen LogP contribution in [0.15, 0.2) is 34.3 Å². The number of carbonyl (C=O) groups is 1. The highest BCUT2D eigenvalue weighted by atomic mass is 79.9. The fourth-order valence-corrected chi connectivity index (χ4v) is 1.66. The molecule has 3 nitrogen and oxygen atoms in total. The number of amides is 1. The van der Waals surface area contributed by atoms with Gasteiger partial charge in [-0.3, -0.25) is 4.79 Å². The first-order chi connectivity index (χ1) is 8.17. The van der Waals surface area contributed by atoms with E-state index in [9.17, 15) is 4.79 Å². The summed E-state index contributed by atoms with van der Waals surface area (Å²) < 4.78 is 0.914. The Morgan fingerprint density at radius 3 is 2.94 bits per heavy atom.